The van der Waals surface area contributed by atoms with E-state index in [0.29, 0.717) is 23.6 Å². The summed E-state index contributed by atoms with van der Waals surface area (Å²) in [5.41, 5.74) is 8.96. The first-order chi connectivity index (χ1) is 15.6. The zero-order valence-corrected chi connectivity index (χ0v) is 17.7. The normalized spacial score (nSPS) is 18.7. The minimum atomic E-state index is -2.40. The first-order valence-electron chi connectivity index (χ1n) is 11.1. The number of nitrogens with two attached hydrogens (primary N) is 1. The molecule has 0 amide bonds. The lowest BCUT2D eigenvalue weighted by atomic mass is 9.97. The number of hydrogen-bond donors (Lipinski definition) is 2. The Labute approximate surface area is 184 Å². The molecule has 4 aromatic rings. The number of hydrogen-bond acceptors (Lipinski definition) is 5. The number of nitrogens with one attached hydrogen (secondary N) is 1. The van der Waals surface area contributed by atoms with E-state index in [4.69, 9.17) is 5.73 Å². The van der Waals surface area contributed by atoms with Crippen LogP contribution in [0.1, 0.15) is 37.3 Å². The molecule has 0 aliphatic heterocycles. The highest BCUT2D eigenvalue weighted by molar-refractivity contribution is 5.86. The van der Waals surface area contributed by atoms with E-state index in [1.165, 1.54) is 18.3 Å². The first kappa shape index (κ1) is 20.6. The molecule has 1 saturated carbocycles. The Morgan fingerprint density at radius 1 is 1.12 bits per heavy atom. The highest BCUT2D eigenvalue weighted by Gasteiger charge is 2.27. The second kappa shape index (κ2) is 8.68. The Bertz CT molecular complexity index is 1240. The number of halogens is 2. The lowest BCUT2D eigenvalue weighted by Gasteiger charge is -2.14. The molecule has 0 bridgehead atoms. The van der Waals surface area contributed by atoms with Gasteiger partial charge in [0.25, 0.3) is 6.43 Å². The second-order valence-corrected chi connectivity index (χ2v) is 8.59. The molecule has 0 unspecified atom stereocenters. The van der Waals surface area contributed by atoms with Crippen LogP contribution in [0.4, 0.5) is 20.4 Å². The zero-order valence-electron chi connectivity index (χ0n) is 17.7. The number of anilines is 2. The Kier molecular flexibility index (Phi) is 5.59. The van der Waals surface area contributed by atoms with Gasteiger partial charge < -0.3 is 15.6 Å². The van der Waals surface area contributed by atoms with Crippen molar-refractivity contribution in [3.05, 3.63) is 54.5 Å². The van der Waals surface area contributed by atoms with Gasteiger partial charge in [0.2, 0.25) is 0 Å². The van der Waals surface area contributed by atoms with Crippen molar-refractivity contribution in [3.8, 4) is 0 Å². The summed E-state index contributed by atoms with van der Waals surface area (Å²) >= 11 is 0. The summed E-state index contributed by atoms with van der Waals surface area (Å²) in [6.07, 6.45) is 6.76. The van der Waals surface area contributed by atoms with Gasteiger partial charge in [-0.2, -0.15) is 0 Å². The number of pyridine rings is 1. The second-order valence-electron chi connectivity index (χ2n) is 8.59. The van der Waals surface area contributed by atoms with Crippen LogP contribution in [0.25, 0.3) is 21.9 Å². The maximum atomic E-state index is 12.5. The molecular formula is C24H26F2N6. The van der Waals surface area contributed by atoms with Gasteiger partial charge in [-0.15, -0.1) is 0 Å². The first-order valence-corrected chi connectivity index (χ1v) is 11.1. The van der Waals surface area contributed by atoms with Gasteiger partial charge in [-0.05, 0) is 67.9 Å². The number of nitrogens with zero attached hydrogens (tertiary/aromatic N) is 4. The van der Waals surface area contributed by atoms with Crippen molar-refractivity contribution in [1.29, 1.82) is 0 Å². The Hall–Kier alpha value is -3.29. The number of rotatable bonds is 7. The van der Waals surface area contributed by atoms with Crippen LogP contribution < -0.4 is 11.1 Å². The minimum absolute atomic E-state index is 0.393. The van der Waals surface area contributed by atoms with E-state index in [1.807, 2.05) is 12.1 Å². The van der Waals surface area contributed by atoms with Gasteiger partial charge >= 0.3 is 0 Å². The smallest absolute Gasteiger partial charge is 0.255 e. The van der Waals surface area contributed by atoms with Crippen LogP contribution in [-0.2, 0) is 6.42 Å². The molecule has 8 heteroatoms. The monoisotopic (exact) mass is 436 g/mol. The predicted octanol–water partition coefficient (Wildman–Crippen LogP) is 5.21. The fraction of sp³-hybridized carbons (Fsp3) is 0.375. The third-order valence-electron chi connectivity index (χ3n) is 6.48. The van der Waals surface area contributed by atoms with Gasteiger partial charge in [-0.3, -0.25) is 0 Å². The number of alkyl halides is 2. The van der Waals surface area contributed by atoms with E-state index in [0.717, 1.165) is 47.6 Å². The number of aryl methyl sites for hydroxylation is 1. The molecule has 2 atom stereocenters. The number of benzene rings is 1. The Balaban J connectivity index is 1.23. The fourth-order valence-electron chi connectivity index (χ4n) is 4.82. The molecule has 1 fully saturated rings. The van der Waals surface area contributed by atoms with Crippen molar-refractivity contribution < 1.29 is 8.78 Å². The molecule has 3 heterocycles. The molecule has 3 aromatic heterocycles. The average molecular weight is 437 g/mol. The number of aromatic nitrogens is 4. The molecule has 3 N–H and O–H groups in total. The Morgan fingerprint density at radius 3 is 2.88 bits per heavy atom. The SMILES string of the molecule is Nc1ncnc2c1ccn2[C@H]1CC[C@@H](CCc2ccc3ccc(NCC(F)F)nc3c2)C1. The summed E-state index contributed by atoms with van der Waals surface area (Å²) in [6, 6.07) is 12.4. The molecule has 0 saturated heterocycles. The lowest BCUT2D eigenvalue weighted by Crippen LogP contribution is -2.11. The number of nitrogen functional groups attached to an aromatic ring is 1. The third kappa shape index (κ3) is 4.22. The molecule has 1 aromatic carbocycles. The van der Waals surface area contributed by atoms with Crippen LogP contribution in [0.5, 0.6) is 0 Å². The largest absolute Gasteiger partial charge is 0.383 e. The predicted molar refractivity (Wildman–Crippen MR) is 123 cm³/mol. The summed E-state index contributed by atoms with van der Waals surface area (Å²) in [5, 5.41) is 4.62. The minimum Gasteiger partial charge on any atom is -0.383 e. The maximum Gasteiger partial charge on any atom is 0.255 e. The highest BCUT2D eigenvalue weighted by Crippen LogP contribution is 2.39. The zero-order chi connectivity index (χ0) is 22.1. The van der Waals surface area contributed by atoms with Crippen molar-refractivity contribution in [2.75, 3.05) is 17.6 Å². The summed E-state index contributed by atoms with van der Waals surface area (Å²) in [5.74, 6) is 1.66. The third-order valence-corrected chi connectivity index (χ3v) is 6.48. The summed E-state index contributed by atoms with van der Waals surface area (Å²) in [7, 11) is 0. The van der Waals surface area contributed by atoms with Gasteiger partial charge in [0.1, 0.15) is 23.6 Å². The molecule has 1 aliphatic rings. The van der Waals surface area contributed by atoms with E-state index in [2.05, 4.69) is 49.2 Å². The van der Waals surface area contributed by atoms with Gasteiger partial charge in [0, 0.05) is 17.6 Å². The highest BCUT2D eigenvalue weighted by atomic mass is 19.3. The maximum absolute atomic E-state index is 12.5. The van der Waals surface area contributed by atoms with Gasteiger partial charge in [-0.25, -0.2) is 23.7 Å². The van der Waals surface area contributed by atoms with E-state index in [-0.39, 0.29) is 0 Å². The van der Waals surface area contributed by atoms with E-state index in [1.54, 1.807) is 6.07 Å². The quantitative estimate of drug-likeness (QED) is 0.415. The van der Waals surface area contributed by atoms with Gasteiger partial charge in [-0.1, -0.05) is 12.1 Å². The summed E-state index contributed by atoms with van der Waals surface area (Å²) in [4.78, 5) is 13.0. The van der Waals surface area contributed by atoms with Crippen LogP contribution in [0.2, 0.25) is 0 Å². The fourth-order valence-corrected chi connectivity index (χ4v) is 4.82. The molecule has 32 heavy (non-hydrogen) atoms. The molecule has 166 valence electrons. The summed E-state index contributed by atoms with van der Waals surface area (Å²) in [6.45, 7) is -0.393. The van der Waals surface area contributed by atoms with Crippen LogP contribution in [0.3, 0.4) is 0 Å². The standard InChI is InChI=1S/C24H26F2N6/c25-21(26)13-28-22-8-6-17-5-3-16(12-20(17)31-22)2-1-15-4-7-18(11-15)32-10-9-19-23(27)29-14-30-24(19)32/h3,5-6,8-10,12,14-15,18,21H,1-2,4,7,11,13H2,(H,28,31)(H2,27,29,30)/t15-,18+/m1/s1. The van der Waals surface area contributed by atoms with Gasteiger partial charge in [0.15, 0.2) is 0 Å². The topological polar surface area (TPSA) is 81.6 Å². The van der Waals surface area contributed by atoms with Crippen LogP contribution in [-0.4, -0.2) is 32.5 Å². The van der Waals surface area contributed by atoms with Crippen molar-refractivity contribution in [2.24, 2.45) is 5.92 Å². The molecule has 1 aliphatic carbocycles. The lowest BCUT2D eigenvalue weighted by molar-refractivity contribution is 0.163. The van der Waals surface area contributed by atoms with E-state index >= 15 is 0 Å². The van der Waals surface area contributed by atoms with Crippen molar-refractivity contribution in [1.82, 2.24) is 19.5 Å². The average Bonchev–Trinajstić information content (AvgIpc) is 3.43. The van der Waals surface area contributed by atoms with Crippen LogP contribution >= 0.6 is 0 Å². The van der Waals surface area contributed by atoms with Crippen LogP contribution in [0.15, 0.2) is 48.9 Å². The van der Waals surface area contributed by atoms with E-state index in [9.17, 15) is 8.78 Å². The Morgan fingerprint density at radius 2 is 2.00 bits per heavy atom. The van der Waals surface area contributed by atoms with Crippen molar-refractivity contribution >= 4 is 33.6 Å². The van der Waals surface area contributed by atoms with E-state index < -0.39 is 13.0 Å². The molecule has 5 rings (SSSR count). The van der Waals surface area contributed by atoms with Gasteiger partial charge in [0.05, 0.1) is 17.4 Å². The van der Waals surface area contributed by atoms with Crippen molar-refractivity contribution in [3.63, 3.8) is 0 Å². The molecular weight excluding hydrogens is 410 g/mol. The summed E-state index contributed by atoms with van der Waals surface area (Å²) < 4.78 is 27.2. The van der Waals surface area contributed by atoms with Crippen LogP contribution in [0, 0.1) is 5.92 Å². The van der Waals surface area contributed by atoms with Crippen molar-refractivity contribution in [2.45, 2.75) is 44.6 Å². The molecule has 6 nitrogen and oxygen atoms in total. The molecule has 0 radical (unpaired) electrons. The number of fused-ring (bicyclic) bond motifs is 2. The molecule has 0 spiro atoms.